The van der Waals surface area contributed by atoms with E-state index in [1.165, 1.54) is 24.0 Å². The minimum Gasteiger partial charge on any atom is -0.341 e. The third kappa shape index (κ3) is 2.88. The molecule has 1 unspecified atom stereocenters. The van der Waals surface area contributed by atoms with E-state index in [1.54, 1.807) is 0 Å². The number of nitrogens with zero attached hydrogens (tertiary/aromatic N) is 1. The van der Waals surface area contributed by atoms with Crippen molar-refractivity contribution in [3.8, 4) is 0 Å². The molecule has 1 fully saturated rings. The third-order valence-electron chi connectivity index (χ3n) is 4.34. The molecule has 1 aliphatic carbocycles. The first-order chi connectivity index (χ1) is 9.79. The number of carbonyl (C=O) groups excluding carboxylic acids is 1. The minimum atomic E-state index is -0.134. The largest absolute Gasteiger partial charge is 0.341 e. The molecule has 1 atom stereocenters. The molecule has 1 N–H and O–H groups in total. The monoisotopic (exact) mass is 272 g/mol. The molecule has 2 aliphatic rings. The van der Waals surface area contributed by atoms with Gasteiger partial charge in [0.05, 0.1) is 0 Å². The van der Waals surface area contributed by atoms with Crippen LogP contribution < -0.4 is 5.32 Å². The molecule has 1 aromatic rings. The quantitative estimate of drug-likeness (QED) is 0.893. The molecule has 0 bridgehead atoms. The van der Waals surface area contributed by atoms with Crippen LogP contribution in [0.4, 0.5) is 0 Å². The van der Waals surface area contributed by atoms with Crippen LogP contribution >= 0.6 is 0 Å². The lowest BCUT2D eigenvalue weighted by molar-refractivity contribution is -0.134. The van der Waals surface area contributed by atoms with E-state index < -0.39 is 0 Å². The van der Waals surface area contributed by atoms with Crippen LogP contribution in [0.15, 0.2) is 24.3 Å². The molecule has 20 heavy (non-hydrogen) atoms. The van der Waals surface area contributed by atoms with Gasteiger partial charge in [0.2, 0.25) is 5.91 Å². The van der Waals surface area contributed by atoms with E-state index in [0.717, 1.165) is 38.4 Å². The summed E-state index contributed by atoms with van der Waals surface area (Å²) in [5.74, 6) is 1.02. The summed E-state index contributed by atoms with van der Waals surface area (Å²) in [6, 6.07) is 8.23. The van der Waals surface area contributed by atoms with Crippen LogP contribution in [0.25, 0.3) is 0 Å². The molecule has 3 nitrogen and oxygen atoms in total. The Labute approximate surface area is 121 Å². The van der Waals surface area contributed by atoms with Crippen LogP contribution in [0.2, 0.25) is 0 Å². The van der Waals surface area contributed by atoms with Crippen LogP contribution in [-0.4, -0.2) is 30.4 Å². The Hall–Kier alpha value is -1.35. The average Bonchev–Trinajstić information content (AvgIpc) is 3.29. The predicted octanol–water partition coefficient (Wildman–Crippen LogP) is 2.52. The van der Waals surface area contributed by atoms with Crippen molar-refractivity contribution in [1.29, 1.82) is 0 Å². The Kier molecular flexibility index (Phi) is 4.06. The first-order valence-electron chi connectivity index (χ1n) is 7.89. The minimum absolute atomic E-state index is 0.134. The number of hydrogen-bond donors (Lipinski definition) is 1. The zero-order valence-electron chi connectivity index (χ0n) is 12.3. The van der Waals surface area contributed by atoms with Gasteiger partial charge in [0.1, 0.15) is 6.04 Å². The normalized spacial score (nSPS) is 21.4. The molecule has 3 rings (SSSR count). The molecular formula is C17H24N2O. The van der Waals surface area contributed by atoms with E-state index >= 15 is 0 Å². The number of rotatable bonds is 5. The highest BCUT2D eigenvalue weighted by Gasteiger charge is 2.32. The van der Waals surface area contributed by atoms with Gasteiger partial charge in [-0.25, -0.2) is 0 Å². The average molecular weight is 272 g/mol. The Morgan fingerprint density at radius 1 is 1.35 bits per heavy atom. The molecule has 0 aromatic heterocycles. The summed E-state index contributed by atoms with van der Waals surface area (Å²) < 4.78 is 0. The van der Waals surface area contributed by atoms with Gasteiger partial charge in [-0.15, -0.1) is 0 Å². The van der Waals surface area contributed by atoms with Crippen molar-refractivity contribution in [2.24, 2.45) is 5.92 Å². The van der Waals surface area contributed by atoms with Gasteiger partial charge in [0.25, 0.3) is 0 Å². The lowest BCUT2D eigenvalue weighted by Gasteiger charge is -2.31. The second-order valence-corrected chi connectivity index (χ2v) is 6.06. The fourth-order valence-electron chi connectivity index (χ4n) is 3.08. The number of carbonyl (C=O) groups is 1. The molecular weight excluding hydrogens is 248 g/mol. The van der Waals surface area contributed by atoms with Gasteiger partial charge in [-0.1, -0.05) is 31.2 Å². The van der Waals surface area contributed by atoms with Crippen molar-refractivity contribution in [2.45, 2.75) is 38.6 Å². The summed E-state index contributed by atoms with van der Waals surface area (Å²) >= 11 is 0. The maximum atomic E-state index is 12.9. The van der Waals surface area contributed by atoms with E-state index in [9.17, 15) is 4.79 Å². The summed E-state index contributed by atoms with van der Waals surface area (Å²) in [7, 11) is 0. The molecule has 1 amide bonds. The zero-order valence-corrected chi connectivity index (χ0v) is 12.3. The molecule has 1 aliphatic heterocycles. The second-order valence-electron chi connectivity index (χ2n) is 6.06. The summed E-state index contributed by atoms with van der Waals surface area (Å²) in [5, 5.41) is 3.42. The van der Waals surface area contributed by atoms with E-state index in [0.29, 0.717) is 0 Å². The summed E-state index contributed by atoms with van der Waals surface area (Å²) in [6.07, 6.45) is 4.65. The third-order valence-corrected chi connectivity index (χ3v) is 4.34. The van der Waals surface area contributed by atoms with E-state index in [4.69, 9.17) is 0 Å². The number of nitrogens with one attached hydrogen (secondary N) is 1. The van der Waals surface area contributed by atoms with Gasteiger partial charge in [0, 0.05) is 19.6 Å². The number of fused-ring (bicyclic) bond motifs is 1. The van der Waals surface area contributed by atoms with Crippen molar-refractivity contribution < 1.29 is 4.79 Å². The topological polar surface area (TPSA) is 32.3 Å². The van der Waals surface area contributed by atoms with Gasteiger partial charge in [-0.05, 0) is 42.7 Å². The van der Waals surface area contributed by atoms with E-state index in [2.05, 4.69) is 35.3 Å². The molecule has 1 aromatic carbocycles. The van der Waals surface area contributed by atoms with Crippen LogP contribution in [0.5, 0.6) is 0 Å². The molecule has 1 saturated carbocycles. The molecule has 0 saturated heterocycles. The first-order valence-corrected chi connectivity index (χ1v) is 7.89. The maximum Gasteiger partial charge on any atom is 0.244 e. The summed E-state index contributed by atoms with van der Waals surface area (Å²) in [5.41, 5.74) is 2.51. The molecule has 1 heterocycles. The summed E-state index contributed by atoms with van der Waals surface area (Å²) in [4.78, 5) is 15.0. The lowest BCUT2D eigenvalue weighted by atomic mass is 9.93. The highest BCUT2D eigenvalue weighted by atomic mass is 16.2. The second kappa shape index (κ2) is 5.96. The summed E-state index contributed by atoms with van der Waals surface area (Å²) in [6.45, 7) is 4.88. The number of amides is 1. The van der Waals surface area contributed by atoms with Gasteiger partial charge < -0.3 is 10.2 Å². The van der Waals surface area contributed by atoms with Crippen molar-refractivity contribution in [3.05, 3.63) is 35.4 Å². The Morgan fingerprint density at radius 3 is 2.90 bits per heavy atom. The van der Waals surface area contributed by atoms with Gasteiger partial charge in [0.15, 0.2) is 0 Å². The first kappa shape index (κ1) is 13.6. The smallest absolute Gasteiger partial charge is 0.244 e. The van der Waals surface area contributed by atoms with Crippen molar-refractivity contribution in [3.63, 3.8) is 0 Å². The standard InChI is InChI=1S/C17H24N2O/c1-2-11-19(12-13-7-8-13)17(20)16-15-6-4-3-5-14(15)9-10-18-16/h3-6,13,16,18H,2,7-12H2,1H3. The zero-order chi connectivity index (χ0) is 13.9. The molecule has 0 radical (unpaired) electrons. The Balaban J connectivity index is 1.78. The van der Waals surface area contributed by atoms with Crippen LogP contribution in [0.3, 0.4) is 0 Å². The van der Waals surface area contributed by atoms with Crippen molar-refractivity contribution >= 4 is 5.91 Å². The van der Waals surface area contributed by atoms with Crippen LogP contribution in [0.1, 0.15) is 43.4 Å². The van der Waals surface area contributed by atoms with E-state index in [-0.39, 0.29) is 11.9 Å². The Bertz CT molecular complexity index is 482. The maximum absolute atomic E-state index is 12.9. The van der Waals surface area contributed by atoms with Gasteiger partial charge in [-0.3, -0.25) is 4.79 Å². The molecule has 3 heteroatoms. The van der Waals surface area contributed by atoms with Crippen molar-refractivity contribution in [1.82, 2.24) is 10.2 Å². The lowest BCUT2D eigenvalue weighted by Crippen LogP contribution is -2.44. The fraction of sp³-hybridized carbons (Fsp3) is 0.588. The molecule has 108 valence electrons. The van der Waals surface area contributed by atoms with Crippen LogP contribution in [0, 0.1) is 5.92 Å². The van der Waals surface area contributed by atoms with Gasteiger partial charge in [-0.2, -0.15) is 0 Å². The number of benzene rings is 1. The highest BCUT2D eigenvalue weighted by Crippen LogP contribution is 2.31. The SMILES string of the molecule is CCCN(CC1CC1)C(=O)C1NCCc2ccccc21. The number of hydrogen-bond acceptors (Lipinski definition) is 2. The van der Waals surface area contributed by atoms with E-state index in [1.807, 2.05) is 6.07 Å². The fourth-order valence-corrected chi connectivity index (χ4v) is 3.08. The highest BCUT2D eigenvalue weighted by molar-refractivity contribution is 5.84. The molecule has 0 spiro atoms. The van der Waals surface area contributed by atoms with Gasteiger partial charge >= 0.3 is 0 Å². The van der Waals surface area contributed by atoms with Crippen molar-refractivity contribution in [2.75, 3.05) is 19.6 Å². The van der Waals surface area contributed by atoms with Crippen LogP contribution in [-0.2, 0) is 11.2 Å². The predicted molar refractivity (Wildman–Crippen MR) is 80.5 cm³/mol. The Morgan fingerprint density at radius 2 is 2.15 bits per heavy atom.